The second-order valence-corrected chi connectivity index (χ2v) is 3.43. The zero-order chi connectivity index (χ0) is 10.2. The highest BCUT2D eigenvalue weighted by Gasteiger charge is 1.89. The van der Waals surface area contributed by atoms with Gasteiger partial charge in [-0.05, 0) is 19.0 Å². The maximum absolute atomic E-state index is 4.14. The standard InChI is InChI=1S/C11H17N3/c1-10(2)13-6-4-3-5-11-9-12-7-8-14-11/h3,5,7-10,13H,4,6H2,1-2H3. The first-order valence-electron chi connectivity index (χ1n) is 4.95. The molecule has 0 aliphatic heterocycles. The van der Waals surface area contributed by atoms with Crippen LogP contribution in [0.1, 0.15) is 26.0 Å². The summed E-state index contributed by atoms with van der Waals surface area (Å²) in [5.41, 5.74) is 0.914. The van der Waals surface area contributed by atoms with E-state index in [2.05, 4.69) is 35.2 Å². The van der Waals surface area contributed by atoms with Crippen molar-refractivity contribution in [3.05, 3.63) is 30.4 Å². The van der Waals surface area contributed by atoms with Crippen LogP contribution in [0, 0.1) is 0 Å². The number of hydrogen-bond acceptors (Lipinski definition) is 3. The van der Waals surface area contributed by atoms with Gasteiger partial charge in [-0.25, -0.2) is 0 Å². The van der Waals surface area contributed by atoms with Crippen LogP contribution in [0.5, 0.6) is 0 Å². The van der Waals surface area contributed by atoms with Gasteiger partial charge in [-0.3, -0.25) is 9.97 Å². The highest BCUT2D eigenvalue weighted by molar-refractivity contribution is 5.42. The molecule has 3 heteroatoms. The molecule has 1 heterocycles. The molecule has 0 saturated heterocycles. The molecule has 1 aromatic heterocycles. The lowest BCUT2D eigenvalue weighted by atomic mass is 10.3. The summed E-state index contributed by atoms with van der Waals surface area (Å²) in [6, 6.07) is 0.555. The summed E-state index contributed by atoms with van der Waals surface area (Å²) in [5.74, 6) is 0. The third-order valence-electron chi connectivity index (χ3n) is 1.74. The first kappa shape index (κ1) is 10.9. The van der Waals surface area contributed by atoms with Gasteiger partial charge < -0.3 is 5.32 Å². The molecule has 1 rings (SSSR count). The Bertz CT molecular complexity index is 267. The number of aromatic nitrogens is 2. The van der Waals surface area contributed by atoms with Crippen molar-refractivity contribution in [3.63, 3.8) is 0 Å². The van der Waals surface area contributed by atoms with Gasteiger partial charge in [0.2, 0.25) is 0 Å². The molecule has 0 atom stereocenters. The molecule has 1 N–H and O–H groups in total. The van der Waals surface area contributed by atoms with E-state index in [0.29, 0.717) is 6.04 Å². The molecule has 0 bridgehead atoms. The van der Waals surface area contributed by atoms with Gasteiger partial charge in [-0.15, -0.1) is 0 Å². The van der Waals surface area contributed by atoms with Gasteiger partial charge in [-0.2, -0.15) is 0 Å². The van der Waals surface area contributed by atoms with E-state index in [0.717, 1.165) is 18.7 Å². The number of nitrogens with zero attached hydrogens (tertiary/aromatic N) is 2. The number of nitrogens with one attached hydrogen (secondary N) is 1. The maximum Gasteiger partial charge on any atom is 0.0809 e. The monoisotopic (exact) mass is 191 g/mol. The fourth-order valence-electron chi connectivity index (χ4n) is 1.06. The number of rotatable bonds is 5. The molecule has 0 amide bonds. The van der Waals surface area contributed by atoms with E-state index >= 15 is 0 Å². The Morgan fingerprint density at radius 2 is 2.29 bits per heavy atom. The van der Waals surface area contributed by atoms with Crippen molar-refractivity contribution < 1.29 is 0 Å². The second-order valence-electron chi connectivity index (χ2n) is 3.43. The molecule has 0 aliphatic rings. The fourth-order valence-corrected chi connectivity index (χ4v) is 1.06. The van der Waals surface area contributed by atoms with E-state index in [4.69, 9.17) is 0 Å². The predicted molar refractivity (Wildman–Crippen MR) is 58.8 cm³/mol. The molecular formula is C11H17N3. The average molecular weight is 191 g/mol. The quantitative estimate of drug-likeness (QED) is 0.722. The molecule has 0 aromatic carbocycles. The van der Waals surface area contributed by atoms with Crippen molar-refractivity contribution in [2.75, 3.05) is 6.54 Å². The lowest BCUT2D eigenvalue weighted by Gasteiger charge is -2.04. The maximum atomic E-state index is 4.14. The topological polar surface area (TPSA) is 37.8 Å². The smallest absolute Gasteiger partial charge is 0.0809 e. The summed E-state index contributed by atoms with van der Waals surface area (Å²) >= 11 is 0. The number of hydrogen-bond donors (Lipinski definition) is 1. The minimum atomic E-state index is 0.555. The summed E-state index contributed by atoms with van der Waals surface area (Å²) in [6.07, 6.45) is 10.3. The van der Waals surface area contributed by atoms with Gasteiger partial charge in [0.05, 0.1) is 11.9 Å². The van der Waals surface area contributed by atoms with Crippen molar-refractivity contribution in [1.82, 2.24) is 15.3 Å². The van der Waals surface area contributed by atoms with Crippen LogP contribution >= 0.6 is 0 Å². The molecule has 3 nitrogen and oxygen atoms in total. The largest absolute Gasteiger partial charge is 0.314 e. The van der Waals surface area contributed by atoms with Gasteiger partial charge in [0.15, 0.2) is 0 Å². The molecule has 1 aromatic rings. The Hall–Kier alpha value is -1.22. The van der Waals surface area contributed by atoms with Crippen LogP contribution in [0.3, 0.4) is 0 Å². The van der Waals surface area contributed by atoms with Gasteiger partial charge in [0.1, 0.15) is 0 Å². The second kappa shape index (κ2) is 6.27. The fraction of sp³-hybridized carbons (Fsp3) is 0.455. The summed E-state index contributed by atoms with van der Waals surface area (Å²) in [7, 11) is 0. The normalized spacial score (nSPS) is 11.4. The molecule has 0 fully saturated rings. The summed E-state index contributed by atoms with van der Waals surface area (Å²) in [6.45, 7) is 5.30. The summed E-state index contributed by atoms with van der Waals surface area (Å²) in [4.78, 5) is 8.12. The first-order chi connectivity index (χ1) is 6.79. The predicted octanol–water partition coefficient (Wildman–Crippen LogP) is 1.88. The van der Waals surface area contributed by atoms with Crippen LogP contribution in [0.25, 0.3) is 6.08 Å². The Kier molecular flexibility index (Phi) is 4.86. The Labute approximate surface area is 85.3 Å². The van der Waals surface area contributed by atoms with Gasteiger partial charge in [0, 0.05) is 18.4 Å². The van der Waals surface area contributed by atoms with Crippen LogP contribution in [-0.4, -0.2) is 22.6 Å². The van der Waals surface area contributed by atoms with Crippen LogP contribution < -0.4 is 5.32 Å². The Morgan fingerprint density at radius 3 is 2.93 bits per heavy atom. The van der Waals surface area contributed by atoms with E-state index < -0.39 is 0 Å². The van der Waals surface area contributed by atoms with Crippen LogP contribution in [0.4, 0.5) is 0 Å². The van der Waals surface area contributed by atoms with Crippen molar-refractivity contribution in [2.24, 2.45) is 0 Å². The molecule has 0 unspecified atom stereocenters. The van der Waals surface area contributed by atoms with Crippen molar-refractivity contribution >= 4 is 6.08 Å². The zero-order valence-electron chi connectivity index (χ0n) is 8.77. The minimum absolute atomic E-state index is 0.555. The molecular weight excluding hydrogens is 174 g/mol. The molecule has 0 spiro atoms. The zero-order valence-corrected chi connectivity index (χ0v) is 8.77. The van der Waals surface area contributed by atoms with Gasteiger partial charge in [-0.1, -0.05) is 19.9 Å². The molecule has 0 aliphatic carbocycles. The molecule has 0 saturated carbocycles. The van der Waals surface area contributed by atoms with E-state index in [1.54, 1.807) is 18.6 Å². The molecule has 14 heavy (non-hydrogen) atoms. The SMILES string of the molecule is CC(C)NCCC=Cc1cnccn1. The van der Waals surface area contributed by atoms with Gasteiger partial charge >= 0.3 is 0 Å². The van der Waals surface area contributed by atoms with Crippen LogP contribution in [0.15, 0.2) is 24.7 Å². The highest BCUT2D eigenvalue weighted by Crippen LogP contribution is 1.94. The summed E-state index contributed by atoms with van der Waals surface area (Å²) in [5, 5.41) is 3.34. The van der Waals surface area contributed by atoms with E-state index in [1.807, 2.05) is 6.08 Å². The van der Waals surface area contributed by atoms with Crippen molar-refractivity contribution in [3.8, 4) is 0 Å². The Morgan fingerprint density at radius 1 is 1.43 bits per heavy atom. The molecule has 76 valence electrons. The van der Waals surface area contributed by atoms with Crippen molar-refractivity contribution in [1.29, 1.82) is 0 Å². The third kappa shape index (κ3) is 4.72. The van der Waals surface area contributed by atoms with Crippen LogP contribution in [0.2, 0.25) is 0 Å². The van der Waals surface area contributed by atoms with E-state index in [-0.39, 0.29) is 0 Å². The highest BCUT2D eigenvalue weighted by atomic mass is 14.9. The third-order valence-corrected chi connectivity index (χ3v) is 1.74. The van der Waals surface area contributed by atoms with E-state index in [9.17, 15) is 0 Å². The lowest BCUT2D eigenvalue weighted by molar-refractivity contribution is 0.595. The first-order valence-corrected chi connectivity index (χ1v) is 4.95. The minimum Gasteiger partial charge on any atom is -0.314 e. The van der Waals surface area contributed by atoms with Crippen LogP contribution in [-0.2, 0) is 0 Å². The van der Waals surface area contributed by atoms with E-state index in [1.165, 1.54) is 0 Å². The summed E-state index contributed by atoms with van der Waals surface area (Å²) < 4.78 is 0. The van der Waals surface area contributed by atoms with Crippen molar-refractivity contribution in [2.45, 2.75) is 26.3 Å². The average Bonchev–Trinajstić information content (AvgIpc) is 2.18. The molecule has 0 radical (unpaired) electrons. The van der Waals surface area contributed by atoms with Gasteiger partial charge in [0.25, 0.3) is 0 Å². The lowest BCUT2D eigenvalue weighted by Crippen LogP contribution is -2.23. The Balaban J connectivity index is 2.21.